The summed E-state index contributed by atoms with van der Waals surface area (Å²) in [4.78, 5) is 24.0. The topological polar surface area (TPSA) is 61.8 Å². The Hall–Kier alpha value is -2.58. The van der Waals surface area contributed by atoms with Crippen LogP contribution >= 0.6 is 0 Å². The summed E-state index contributed by atoms with van der Waals surface area (Å²) in [6, 6.07) is 3.78. The van der Waals surface area contributed by atoms with Crippen LogP contribution in [-0.2, 0) is 29.4 Å². The standard InChI is InChI=1S/C19H20F4O5/c1-3-26-16(24)11-14(17(25)27-4-2)15-9-10-18(28-15,19(21,22)23)12-5-7-13(20)8-6-12/h5-8H,3-4,9-11H2,1-2H3/b15-14+. The van der Waals surface area contributed by atoms with Crippen LogP contribution in [0.2, 0.25) is 0 Å². The van der Waals surface area contributed by atoms with Gasteiger partial charge in [0, 0.05) is 18.4 Å². The first-order valence-electron chi connectivity index (χ1n) is 8.71. The number of allylic oxidation sites excluding steroid dienone is 1. The molecule has 9 heteroatoms. The van der Waals surface area contributed by atoms with Crippen molar-refractivity contribution in [1.29, 1.82) is 0 Å². The third kappa shape index (κ3) is 4.45. The number of benzene rings is 1. The normalized spacial score (nSPS) is 21.1. The molecular weight excluding hydrogens is 384 g/mol. The van der Waals surface area contributed by atoms with E-state index in [1.165, 1.54) is 6.92 Å². The molecule has 154 valence electrons. The summed E-state index contributed by atoms with van der Waals surface area (Å²) in [7, 11) is 0. The number of carbonyl (C=O) groups excluding carboxylic acids is 2. The zero-order valence-electron chi connectivity index (χ0n) is 15.4. The molecule has 5 nitrogen and oxygen atoms in total. The first-order chi connectivity index (χ1) is 13.1. The lowest BCUT2D eigenvalue weighted by Gasteiger charge is -2.31. The van der Waals surface area contributed by atoms with E-state index in [-0.39, 0.29) is 36.5 Å². The number of rotatable bonds is 6. The fourth-order valence-corrected chi connectivity index (χ4v) is 2.96. The summed E-state index contributed by atoms with van der Waals surface area (Å²) >= 11 is 0. The number of hydrogen-bond donors (Lipinski definition) is 0. The maximum absolute atomic E-state index is 13.9. The van der Waals surface area contributed by atoms with Crippen molar-refractivity contribution in [2.24, 2.45) is 0 Å². The molecule has 28 heavy (non-hydrogen) atoms. The number of ether oxygens (including phenoxy) is 3. The van der Waals surface area contributed by atoms with Gasteiger partial charge in [-0.15, -0.1) is 0 Å². The van der Waals surface area contributed by atoms with Gasteiger partial charge in [-0.05, 0) is 26.0 Å². The Morgan fingerprint density at radius 3 is 2.25 bits per heavy atom. The molecule has 0 saturated carbocycles. The summed E-state index contributed by atoms with van der Waals surface area (Å²) in [6.07, 6.45) is -6.18. The van der Waals surface area contributed by atoms with Crippen LogP contribution in [0.15, 0.2) is 35.6 Å². The average molecular weight is 404 g/mol. The van der Waals surface area contributed by atoms with Crippen molar-refractivity contribution < 1.29 is 41.4 Å². The quantitative estimate of drug-likeness (QED) is 0.405. The van der Waals surface area contributed by atoms with E-state index in [1.54, 1.807) is 6.92 Å². The Labute approximate surface area is 159 Å². The smallest absolute Gasteiger partial charge is 0.432 e. The predicted molar refractivity (Wildman–Crippen MR) is 89.4 cm³/mol. The molecule has 1 aromatic carbocycles. The minimum Gasteiger partial charge on any atom is -0.477 e. The Balaban J connectivity index is 2.47. The molecule has 0 aromatic heterocycles. The van der Waals surface area contributed by atoms with Crippen molar-refractivity contribution in [3.05, 3.63) is 47.0 Å². The van der Waals surface area contributed by atoms with Gasteiger partial charge in [0.2, 0.25) is 5.60 Å². The van der Waals surface area contributed by atoms with Gasteiger partial charge < -0.3 is 14.2 Å². The third-order valence-corrected chi connectivity index (χ3v) is 4.25. The van der Waals surface area contributed by atoms with Crippen molar-refractivity contribution >= 4 is 11.9 Å². The molecule has 2 rings (SSSR count). The highest BCUT2D eigenvalue weighted by atomic mass is 19.4. The molecule has 0 bridgehead atoms. The van der Waals surface area contributed by atoms with Gasteiger partial charge in [-0.1, -0.05) is 12.1 Å². The maximum atomic E-state index is 13.9. The van der Waals surface area contributed by atoms with E-state index < -0.39 is 42.4 Å². The highest BCUT2D eigenvalue weighted by Crippen LogP contribution is 2.52. The molecule has 1 unspecified atom stereocenters. The summed E-state index contributed by atoms with van der Waals surface area (Å²) in [5.74, 6) is -2.70. The molecule has 1 fully saturated rings. The fourth-order valence-electron chi connectivity index (χ4n) is 2.96. The maximum Gasteiger partial charge on any atom is 0.432 e. The minimum atomic E-state index is -4.84. The lowest BCUT2D eigenvalue weighted by molar-refractivity contribution is -0.261. The van der Waals surface area contributed by atoms with Gasteiger partial charge in [-0.3, -0.25) is 4.79 Å². The van der Waals surface area contributed by atoms with Crippen LogP contribution in [0.4, 0.5) is 17.6 Å². The highest BCUT2D eigenvalue weighted by molar-refractivity contribution is 5.94. The molecule has 0 aliphatic carbocycles. The zero-order valence-corrected chi connectivity index (χ0v) is 15.4. The van der Waals surface area contributed by atoms with Gasteiger partial charge in [0.05, 0.1) is 25.2 Å². The van der Waals surface area contributed by atoms with Crippen molar-refractivity contribution in [3.63, 3.8) is 0 Å². The third-order valence-electron chi connectivity index (χ3n) is 4.25. The van der Waals surface area contributed by atoms with Crippen LogP contribution in [0.5, 0.6) is 0 Å². The van der Waals surface area contributed by atoms with Gasteiger partial charge in [0.1, 0.15) is 11.6 Å². The number of alkyl halides is 3. The molecule has 1 saturated heterocycles. The molecule has 0 N–H and O–H groups in total. The molecule has 0 radical (unpaired) electrons. The monoisotopic (exact) mass is 404 g/mol. The second kappa shape index (κ2) is 8.62. The van der Waals surface area contributed by atoms with Gasteiger partial charge in [0.15, 0.2) is 0 Å². The second-order valence-corrected chi connectivity index (χ2v) is 6.04. The van der Waals surface area contributed by atoms with Crippen molar-refractivity contribution in [2.45, 2.75) is 44.9 Å². The van der Waals surface area contributed by atoms with E-state index in [9.17, 15) is 27.2 Å². The van der Waals surface area contributed by atoms with E-state index >= 15 is 0 Å². The Morgan fingerprint density at radius 2 is 1.71 bits per heavy atom. The van der Waals surface area contributed by atoms with Crippen LogP contribution in [0, 0.1) is 5.82 Å². The van der Waals surface area contributed by atoms with Crippen LogP contribution in [-0.4, -0.2) is 31.3 Å². The van der Waals surface area contributed by atoms with Crippen LogP contribution in [0.25, 0.3) is 0 Å². The Morgan fingerprint density at radius 1 is 1.11 bits per heavy atom. The number of halogens is 4. The molecule has 0 spiro atoms. The lowest BCUT2D eigenvalue weighted by atomic mass is 9.90. The molecule has 0 amide bonds. The second-order valence-electron chi connectivity index (χ2n) is 6.04. The average Bonchev–Trinajstić information content (AvgIpc) is 3.07. The molecule has 1 aliphatic rings. The van der Waals surface area contributed by atoms with E-state index in [0.717, 1.165) is 24.3 Å². The van der Waals surface area contributed by atoms with Gasteiger partial charge in [-0.25, -0.2) is 9.18 Å². The van der Waals surface area contributed by atoms with E-state index in [0.29, 0.717) is 0 Å². The highest BCUT2D eigenvalue weighted by Gasteiger charge is 2.61. The SMILES string of the molecule is CCOC(=O)C/C(C(=O)OCC)=C1/CCC(c2ccc(F)cc2)(C(F)(F)F)O1. The summed E-state index contributed by atoms with van der Waals surface area (Å²) in [5, 5.41) is 0. The Bertz CT molecular complexity index is 755. The molecule has 1 aromatic rings. The van der Waals surface area contributed by atoms with Crippen molar-refractivity contribution in [1.82, 2.24) is 0 Å². The first-order valence-corrected chi connectivity index (χ1v) is 8.71. The zero-order chi connectivity index (χ0) is 20.9. The number of carbonyl (C=O) groups is 2. The molecule has 1 heterocycles. The fraction of sp³-hybridized carbons (Fsp3) is 0.474. The summed E-state index contributed by atoms with van der Waals surface area (Å²) < 4.78 is 69.8. The Kier molecular flexibility index (Phi) is 6.69. The van der Waals surface area contributed by atoms with Gasteiger partial charge in [-0.2, -0.15) is 13.2 Å². The molecular formula is C19H20F4O5. The largest absolute Gasteiger partial charge is 0.477 e. The molecule has 1 atom stereocenters. The van der Waals surface area contributed by atoms with Crippen molar-refractivity contribution in [2.75, 3.05) is 13.2 Å². The summed E-state index contributed by atoms with van der Waals surface area (Å²) in [5.41, 5.74) is -3.35. The van der Waals surface area contributed by atoms with E-state index in [2.05, 4.69) is 0 Å². The van der Waals surface area contributed by atoms with Gasteiger partial charge in [0.25, 0.3) is 0 Å². The van der Waals surface area contributed by atoms with Crippen molar-refractivity contribution in [3.8, 4) is 0 Å². The minimum absolute atomic E-state index is 0.0270. The summed E-state index contributed by atoms with van der Waals surface area (Å²) in [6.45, 7) is 3.11. The molecule has 1 aliphatic heterocycles. The number of hydrogen-bond acceptors (Lipinski definition) is 5. The van der Waals surface area contributed by atoms with Crippen LogP contribution in [0.3, 0.4) is 0 Å². The van der Waals surface area contributed by atoms with E-state index in [1.807, 2.05) is 0 Å². The van der Waals surface area contributed by atoms with Crippen LogP contribution in [0.1, 0.15) is 38.7 Å². The predicted octanol–water partition coefficient (Wildman–Crippen LogP) is 4.16. The van der Waals surface area contributed by atoms with E-state index in [4.69, 9.17) is 14.2 Å². The van der Waals surface area contributed by atoms with Gasteiger partial charge >= 0.3 is 18.1 Å². The lowest BCUT2D eigenvalue weighted by Crippen LogP contribution is -2.41. The number of esters is 2. The first kappa shape index (κ1) is 21.7. The van der Waals surface area contributed by atoms with Crippen LogP contribution < -0.4 is 0 Å².